The van der Waals surface area contributed by atoms with E-state index in [4.69, 9.17) is 16.3 Å². The Morgan fingerprint density at radius 2 is 2.26 bits per heavy atom. The minimum absolute atomic E-state index is 0.149. The molecule has 2 rings (SSSR count). The number of nitrogens with one attached hydrogen (secondary N) is 1. The van der Waals surface area contributed by atoms with Gasteiger partial charge in [-0.3, -0.25) is 0 Å². The van der Waals surface area contributed by atoms with E-state index in [1.54, 1.807) is 6.20 Å². The smallest absolute Gasteiger partial charge is 0.410 e. The summed E-state index contributed by atoms with van der Waals surface area (Å²) >= 11 is 5.78. The van der Waals surface area contributed by atoms with Gasteiger partial charge in [0.2, 0.25) is 5.28 Å². The third kappa shape index (κ3) is 5.95. The zero-order valence-electron chi connectivity index (χ0n) is 14.0. The molecule has 23 heavy (non-hydrogen) atoms. The van der Waals surface area contributed by atoms with Crippen molar-refractivity contribution in [3.8, 4) is 0 Å². The molecule has 1 N–H and O–H groups in total. The van der Waals surface area contributed by atoms with E-state index >= 15 is 0 Å². The highest BCUT2D eigenvalue weighted by Gasteiger charge is 2.30. The number of carbonyl (C=O) groups excluding carboxylic acids is 1. The van der Waals surface area contributed by atoms with E-state index in [0.29, 0.717) is 13.1 Å². The number of nitrogens with zero attached hydrogens (tertiary/aromatic N) is 3. The highest BCUT2D eigenvalue weighted by Crippen LogP contribution is 2.20. The minimum Gasteiger partial charge on any atom is -0.444 e. The Labute approximate surface area is 142 Å². The molecule has 0 spiro atoms. The molecule has 1 atom stereocenters. The van der Waals surface area contributed by atoms with E-state index in [1.165, 1.54) is 0 Å². The predicted molar refractivity (Wildman–Crippen MR) is 89.3 cm³/mol. The number of rotatable bonds is 4. The van der Waals surface area contributed by atoms with E-state index < -0.39 is 5.60 Å². The lowest BCUT2D eigenvalue weighted by atomic mass is 10.0. The van der Waals surface area contributed by atoms with E-state index in [9.17, 15) is 4.79 Å². The van der Waals surface area contributed by atoms with Gasteiger partial charge in [-0.2, -0.15) is 0 Å². The highest BCUT2D eigenvalue weighted by molar-refractivity contribution is 6.28. The fourth-order valence-electron chi connectivity index (χ4n) is 2.61. The third-order valence-electron chi connectivity index (χ3n) is 3.63. The van der Waals surface area contributed by atoms with E-state index in [2.05, 4.69) is 15.3 Å². The normalized spacial score (nSPS) is 18.8. The number of halogens is 1. The maximum Gasteiger partial charge on any atom is 0.410 e. The Hall–Kier alpha value is -1.40. The second kappa shape index (κ2) is 7.93. The molecule has 1 aromatic rings. The molecule has 128 valence electrons. The third-order valence-corrected chi connectivity index (χ3v) is 3.81. The van der Waals surface area contributed by atoms with Gasteiger partial charge in [-0.25, -0.2) is 14.8 Å². The van der Waals surface area contributed by atoms with E-state index in [1.807, 2.05) is 31.7 Å². The fraction of sp³-hybridized carbons (Fsp3) is 0.688. The Balaban J connectivity index is 1.87. The van der Waals surface area contributed by atoms with Crippen molar-refractivity contribution in [1.82, 2.24) is 20.2 Å². The molecule has 0 radical (unpaired) electrons. The average molecular weight is 341 g/mol. The van der Waals surface area contributed by atoms with Crippen LogP contribution in [0.1, 0.15) is 45.7 Å². The summed E-state index contributed by atoms with van der Waals surface area (Å²) < 4.78 is 5.51. The molecule has 0 saturated carbocycles. The number of carbonyl (C=O) groups is 1. The maximum absolute atomic E-state index is 12.3. The standard InChI is InChI=1S/C16H25ClN4O2/c1-16(2,3)23-15(22)21-9-5-4-6-13(21)11-18-10-12-7-8-19-14(17)20-12/h7-8,13,18H,4-6,9-11H2,1-3H3. The van der Waals surface area contributed by atoms with Crippen molar-refractivity contribution in [2.45, 2.75) is 58.2 Å². The molecule has 1 saturated heterocycles. The zero-order chi connectivity index (χ0) is 16.9. The first kappa shape index (κ1) is 17.9. The molecule has 0 aromatic carbocycles. The molecular formula is C16H25ClN4O2. The van der Waals surface area contributed by atoms with Crippen molar-refractivity contribution >= 4 is 17.7 Å². The van der Waals surface area contributed by atoms with Crippen LogP contribution >= 0.6 is 11.6 Å². The lowest BCUT2D eigenvalue weighted by Gasteiger charge is -2.36. The molecule has 2 heterocycles. The van der Waals surface area contributed by atoms with Crippen molar-refractivity contribution in [2.75, 3.05) is 13.1 Å². The van der Waals surface area contributed by atoms with Crippen molar-refractivity contribution in [3.63, 3.8) is 0 Å². The number of piperidine rings is 1. The molecule has 0 aliphatic carbocycles. The van der Waals surface area contributed by atoms with Gasteiger partial charge in [-0.1, -0.05) is 0 Å². The molecule has 1 fully saturated rings. The first-order valence-corrected chi connectivity index (χ1v) is 8.41. The minimum atomic E-state index is -0.468. The molecule has 1 aromatic heterocycles. The highest BCUT2D eigenvalue weighted by atomic mass is 35.5. The SMILES string of the molecule is CC(C)(C)OC(=O)N1CCCCC1CNCc1ccnc(Cl)n1. The van der Waals surface area contributed by atoms with Crippen LogP contribution in [0.25, 0.3) is 0 Å². The lowest BCUT2D eigenvalue weighted by Crippen LogP contribution is -2.50. The second-order valence-electron chi connectivity index (χ2n) is 6.77. The van der Waals surface area contributed by atoms with Gasteiger partial charge in [-0.15, -0.1) is 0 Å². The topological polar surface area (TPSA) is 67.3 Å². The van der Waals surface area contributed by atoms with Gasteiger partial charge in [-0.05, 0) is 57.7 Å². The van der Waals surface area contributed by atoms with Crippen LogP contribution in [0.15, 0.2) is 12.3 Å². The summed E-state index contributed by atoms with van der Waals surface area (Å²) in [5, 5.41) is 3.60. The summed E-state index contributed by atoms with van der Waals surface area (Å²) in [6.45, 7) is 7.73. The Bertz CT molecular complexity index is 533. The number of hydrogen-bond acceptors (Lipinski definition) is 5. The van der Waals surface area contributed by atoms with Gasteiger partial charge >= 0.3 is 6.09 Å². The predicted octanol–water partition coefficient (Wildman–Crippen LogP) is 3.01. The van der Waals surface area contributed by atoms with Gasteiger partial charge in [0.25, 0.3) is 0 Å². The summed E-state index contributed by atoms with van der Waals surface area (Å²) in [6.07, 6.45) is 4.55. The van der Waals surface area contributed by atoms with Crippen LogP contribution in [0.2, 0.25) is 5.28 Å². The number of aromatic nitrogens is 2. The van der Waals surface area contributed by atoms with Gasteiger partial charge in [0, 0.05) is 31.9 Å². The molecule has 1 aliphatic heterocycles. The van der Waals surface area contributed by atoms with Crippen LogP contribution in [-0.2, 0) is 11.3 Å². The number of likely N-dealkylation sites (tertiary alicyclic amines) is 1. The first-order valence-electron chi connectivity index (χ1n) is 8.03. The number of amides is 1. The van der Waals surface area contributed by atoms with Crippen LogP contribution in [0.4, 0.5) is 4.79 Å². The van der Waals surface area contributed by atoms with Gasteiger partial charge in [0.05, 0.1) is 5.69 Å². The molecule has 0 bridgehead atoms. The van der Waals surface area contributed by atoms with E-state index in [-0.39, 0.29) is 17.4 Å². The summed E-state index contributed by atoms with van der Waals surface area (Å²) in [7, 11) is 0. The van der Waals surface area contributed by atoms with Crippen molar-refractivity contribution in [2.24, 2.45) is 0 Å². The zero-order valence-corrected chi connectivity index (χ0v) is 14.8. The van der Waals surface area contributed by atoms with Crippen LogP contribution < -0.4 is 5.32 Å². The second-order valence-corrected chi connectivity index (χ2v) is 7.11. The van der Waals surface area contributed by atoms with E-state index in [0.717, 1.165) is 31.5 Å². The Morgan fingerprint density at radius 1 is 1.48 bits per heavy atom. The summed E-state index contributed by atoms with van der Waals surface area (Å²) in [5.74, 6) is 0. The molecule has 1 aliphatic rings. The summed E-state index contributed by atoms with van der Waals surface area (Å²) in [5.41, 5.74) is 0.370. The Kier molecular flexibility index (Phi) is 6.18. The first-order chi connectivity index (χ1) is 10.8. The molecule has 6 nitrogen and oxygen atoms in total. The van der Waals surface area contributed by atoms with Crippen molar-refractivity contribution < 1.29 is 9.53 Å². The Morgan fingerprint density at radius 3 is 2.96 bits per heavy atom. The molecular weight excluding hydrogens is 316 g/mol. The van der Waals surface area contributed by atoms with Gasteiger partial charge in [0.15, 0.2) is 0 Å². The fourth-order valence-corrected chi connectivity index (χ4v) is 2.77. The van der Waals surface area contributed by atoms with Crippen LogP contribution in [0, 0.1) is 0 Å². The van der Waals surface area contributed by atoms with Crippen LogP contribution in [0.3, 0.4) is 0 Å². The lowest BCUT2D eigenvalue weighted by molar-refractivity contribution is 0.00993. The largest absolute Gasteiger partial charge is 0.444 e. The summed E-state index contributed by atoms with van der Waals surface area (Å²) in [6, 6.07) is 1.97. The molecule has 7 heteroatoms. The molecule has 1 amide bonds. The van der Waals surface area contributed by atoms with Crippen molar-refractivity contribution in [3.05, 3.63) is 23.2 Å². The summed E-state index contributed by atoms with van der Waals surface area (Å²) in [4.78, 5) is 22.2. The van der Waals surface area contributed by atoms with Gasteiger partial charge in [0.1, 0.15) is 5.60 Å². The molecule has 1 unspecified atom stereocenters. The van der Waals surface area contributed by atoms with Gasteiger partial charge < -0.3 is 15.0 Å². The quantitative estimate of drug-likeness (QED) is 0.853. The van der Waals surface area contributed by atoms with Crippen LogP contribution in [-0.4, -0.2) is 45.7 Å². The maximum atomic E-state index is 12.3. The van der Waals surface area contributed by atoms with Crippen LogP contribution in [0.5, 0.6) is 0 Å². The average Bonchev–Trinajstić information content (AvgIpc) is 2.46. The number of hydrogen-bond donors (Lipinski definition) is 1. The number of ether oxygens (including phenoxy) is 1. The van der Waals surface area contributed by atoms with Crippen molar-refractivity contribution in [1.29, 1.82) is 0 Å². The monoisotopic (exact) mass is 340 g/mol.